The SMILES string of the molecule is COc1cccc(N2C(=O)C(=O)/C(=C(/O)c3ccc(Cl)c(OC)c3)C2c2ccc(OC(C)C)cc2)c1. The molecule has 1 saturated heterocycles. The lowest BCUT2D eigenvalue weighted by molar-refractivity contribution is -0.132. The summed E-state index contributed by atoms with van der Waals surface area (Å²) in [4.78, 5) is 28.1. The standard InChI is InChI=1S/C28H26ClNO6/c1-16(2)36-20-11-8-17(9-12-20)25-24(26(31)18-10-13-22(29)23(14-18)35-4)27(32)28(33)30(25)19-6-5-7-21(15-19)34-3/h5-16,25,31H,1-4H3/b26-24+. The summed E-state index contributed by atoms with van der Waals surface area (Å²) in [5, 5.41) is 11.7. The molecule has 1 heterocycles. The minimum Gasteiger partial charge on any atom is -0.507 e. The van der Waals surface area contributed by atoms with Crippen LogP contribution in [-0.2, 0) is 9.59 Å². The van der Waals surface area contributed by atoms with Crippen LogP contribution in [0.5, 0.6) is 17.2 Å². The third-order valence-electron chi connectivity index (χ3n) is 5.77. The molecule has 1 atom stereocenters. The quantitative estimate of drug-likeness (QED) is 0.248. The van der Waals surface area contributed by atoms with E-state index < -0.39 is 17.7 Å². The van der Waals surface area contributed by atoms with E-state index in [9.17, 15) is 14.7 Å². The summed E-state index contributed by atoms with van der Waals surface area (Å²) in [5.41, 5.74) is 1.32. The molecule has 1 aliphatic rings. The van der Waals surface area contributed by atoms with Crippen molar-refractivity contribution in [1.82, 2.24) is 0 Å². The van der Waals surface area contributed by atoms with E-state index >= 15 is 0 Å². The zero-order valence-corrected chi connectivity index (χ0v) is 21.1. The molecule has 3 aromatic rings. The number of anilines is 1. The second-order valence-corrected chi connectivity index (χ2v) is 8.86. The van der Waals surface area contributed by atoms with Crippen molar-refractivity contribution in [1.29, 1.82) is 0 Å². The second-order valence-electron chi connectivity index (χ2n) is 8.46. The van der Waals surface area contributed by atoms with Crippen molar-refractivity contribution in [3.8, 4) is 17.2 Å². The van der Waals surface area contributed by atoms with Crippen molar-refractivity contribution in [2.24, 2.45) is 0 Å². The molecule has 186 valence electrons. The zero-order valence-electron chi connectivity index (χ0n) is 20.3. The van der Waals surface area contributed by atoms with Crippen LogP contribution in [-0.4, -0.2) is 37.1 Å². The summed E-state index contributed by atoms with van der Waals surface area (Å²) in [6.45, 7) is 3.85. The smallest absolute Gasteiger partial charge is 0.300 e. The lowest BCUT2D eigenvalue weighted by Crippen LogP contribution is -2.29. The minimum atomic E-state index is -0.896. The molecule has 1 N–H and O–H groups in total. The Morgan fingerprint density at radius 1 is 0.944 bits per heavy atom. The van der Waals surface area contributed by atoms with Gasteiger partial charge in [0, 0.05) is 17.3 Å². The molecule has 3 aromatic carbocycles. The largest absolute Gasteiger partial charge is 0.507 e. The highest BCUT2D eigenvalue weighted by Crippen LogP contribution is 2.43. The summed E-state index contributed by atoms with van der Waals surface area (Å²) in [7, 11) is 2.97. The fraction of sp³-hybridized carbons (Fsp3) is 0.214. The van der Waals surface area contributed by atoms with Crippen LogP contribution in [0.15, 0.2) is 72.3 Å². The van der Waals surface area contributed by atoms with Crippen LogP contribution in [0.1, 0.15) is 31.0 Å². The molecule has 8 heteroatoms. The van der Waals surface area contributed by atoms with E-state index in [1.165, 1.54) is 25.2 Å². The van der Waals surface area contributed by atoms with Gasteiger partial charge in [-0.15, -0.1) is 0 Å². The van der Waals surface area contributed by atoms with E-state index in [0.717, 1.165) is 0 Å². The molecule has 4 rings (SSSR count). The number of methoxy groups -OCH3 is 2. The number of aliphatic hydroxyl groups is 1. The van der Waals surface area contributed by atoms with Gasteiger partial charge in [-0.1, -0.05) is 29.8 Å². The van der Waals surface area contributed by atoms with Crippen molar-refractivity contribution in [2.75, 3.05) is 19.1 Å². The Bertz CT molecular complexity index is 1330. The number of nitrogens with zero attached hydrogens (tertiary/aromatic N) is 1. The first-order valence-electron chi connectivity index (χ1n) is 11.3. The normalized spacial score (nSPS) is 16.9. The third kappa shape index (κ3) is 4.75. The second kappa shape index (κ2) is 10.3. The number of ether oxygens (including phenoxy) is 3. The molecule has 1 aliphatic heterocycles. The average Bonchev–Trinajstić information content (AvgIpc) is 3.14. The van der Waals surface area contributed by atoms with Gasteiger partial charge in [0.15, 0.2) is 0 Å². The number of hydrogen-bond donors (Lipinski definition) is 1. The van der Waals surface area contributed by atoms with Crippen LogP contribution in [0.4, 0.5) is 5.69 Å². The predicted octanol–water partition coefficient (Wildman–Crippen LogP) is 5.77. The van der Waals surface area contributed by atoms with Gasteiger partial charge in [0.25, 0.3) is 11.7 Å². The number of rotatable bonds is 7. The van der Waals surface area contributed by atoms with Gasteiger partial charge < -0.3 is 19.3 Å². The summed E-state index contributed by atoms with van der Waals surface area (Å²) >= 11 is 6.14. The van der Waals surface area contributed by atoms with Crippen LogP contribution in [0.3, 0.4) is 0 Å². The fourth-order valence-electron chi connectivity index (χ4n) is 4.14. The summed E-state index contributed by atoms with van der Waals surface area (Å²) in [6, 6.07) is 17.7. The molecule has 36 heavy (non-hydrogen) atoms. The van der Waals surface area contributed by atoms with Gasteiger partial charge in [-0.3, -0.25) is 14.5 Å². The molecule has 0 spiro atoms. The Kier molecular flexibility index (Phi) is 7.22. The van der Waals surface area contributed by atoms with Gasteiger partial charge in [0.1, 0.15) is 23.0 Å². The van der Waals surface area contributed by atoms with Gasteiger partial charge in [0.2, 0.25) is 0 Å². The number of carbonyl (C=O) groups excluding carboxylic acids is 2. The van der Waals surface area contributed by atoms with E-state index in [0.29, 0.717) is 39.1 Å². The number of halogens is 1. The molecule has 1 amide bonds. The maximum absolute atomic E-state index is 13.4. The monoisotopic (exact) mass is 507 g/mol. The number of Topliss-reactive ketones (excluding diaryl/α,β-unsaturated/α-hetero) is 1. The molecular formula is C28H26ClNO6. The molecule has 0 aliphatic carbocycles. The Morgan fingerprint density at radius 2 is 1.67 bits per heavy atom. The lowest BCUT2D eigenvalue weighted by atomic mass is 9.95. The minimum absolute atomic E-state index is 0.0156. The van der Waals surface area contributed by atoms with E-state index in [1.54, 1.807) is 60.7 Å². The highest BCUT2D eigenvalue weighted by Gasteiger charge is 2.47. The molecule has 0 saturated carbocycles. The number of aliphatic hydroxyl groups excluding tert-OH is 1. The number of carbonyl (C=O) groups is 2. The van der Waals surface area contributed by atoms with Crippen molar-refractivity contribution in [3.63, 3.8) is 0 Å². The maximum Gasteiger partial charge on any atom is 0.300 e. The maximum atomic E-state index is 13.4. The average molecular weight is 508 g/mol. The van der Waals surface area contributed by atoms with Gasteiger partial charge >= 0.3 is 0 Å². The van der Waals surface area contributed by atoms with Crippen LogP contribution >= 0.6 is 11.6 Å². The number of amides is 1. The first-order valence-corrected chi connectivity index (χ1v) is 11.7. The Labute approximate surface area is 214 Å². The molecule has 7 nitrogen and oxygen atoms in total. The van der Waals surface area contributed by atoms with Crippen LogP contribution < -0.4 is 19.1 Å². The number of ketones is 1. The van der Waals surface area contributed by atoms with E-state index in [2.05, 4.69) is 0 Å². The predicted molar refractivity (Wildman–Crippen MR) is 138 cm³/mol. The van der Waals surface area contributed by atoms with Gasteiger partial charge in [0.05, 0.1) is 37.0 Å². The third-order valence-corrected chi connectivity index (χ3v) is 6.08. The zero-order chi connectivity index (χ0) is 26.0. The van der Waals surface area contributed by atoms with E-state index in [-0.39, 0.29) is 17.4 Å². The molecule has 0 radical (unpaired) electrons. The lowest BCUT2D eigenvalue weighted by Gasteiger charge is -2.26. The topological polar surface area (TPSA) is 85.3 Å². The van der Waals surface area contributed by atoms with Crippen LogP contribution in [0.2, 0.25) is 5.02 Å². The molecule has 1 unspecified atom stereocenters. The van der Waals surface area contributed by atoms with Crippen molar-refractivity contribution in [3.05, 3.63) is 88.5 Å². The van der Waals surface area contributed by atoms with Crippen LogP contribution in [0.25, 0.3) is 5.76 Å². The van der Waals surface area contributed by atoms with Crippen molar-refractivity contribution >= 4 is 34.7 Å². The van der Waals surface area contributed by atoms with Crippen LogP contribution in [0, 0.1) is 0 Å². The molecular weight excluding hydrogens is 482 g/mol. The van der Waals surface area contributed by atoms with E-state index in [4.69, 9.17) is 25.8 Å². The van der Waals surface area contributed by atoms with E-state index in [1.807, 2.05) is 13.8 Å². The van der Waals surface area contributed by atoms with Gasteiger partial charge in [-0.2, -0.15) is 0 Å². The Morgan fingerprint density at radius 3 is 2.31 bits per heavy atom. The van der Waals surface area contributed by atoms with Gasteiger partial charge in [-0.05, 0) is 61.9 Å². The first kappa shape index (κ1) is 25.1. The summed E-state index contributed by atoms with van der Waals surface area (Å²) in [6.07, 6.45) is -0.0156. The highest BCUT2D eigenvalue weighted by atomic mass is 35.5. The highest BCUT2D eigenvalue weighted by molar-refractivity contribution is 6.51. The van der Waals surface area contributed by atoms with Crippen molar-refractivity contribution < 1.29 is 28.9 Å². The van der Waals surface area contributed by atoms with Gasteiger partial charge in [-0.25, -0.2) is 0 Å². The summed E-state index contributed by atoms with van der Waals surface area (Å²) in [5.74, 6) is -0.406. The molecule has 1 fully saturated rings. The molecule has 0 bridgehead atoms. The number of benzene rings is 3. The van der Waals surface area contributed by atoms with Crippen molar-refractivity contribution in [2.45, 2.75) is 26.0 Å². The number of hydrogen-bond acceptors (Lipinski definition) is 6. The molecule has 0 aromatic heterocycles. The fourth-order valence-corrected chi connectivity index (χ4v) is 4.33. The summed E-state index contributed by atoms with van der Waals surface area (Å²) < 4.78 is 16.3. The Hall–Kier alpha value is -3.97. The Balaban J connectivity index is 1.91. The first-order chi connectivity index (χ1) is 17.2.